The van der Waals surface area contributed by atoms with Crippen LogP contribution in [-0.4, -0.2) is 11.8 Å². The number of rotatable bonds is 4. The van der Waals surface area contributed by atoms with E-state index in [1.807, 2.05) is 12.2 Å². The van der Waals surface area contributed by atoms with Gasteiger partial charge in [0, 0.05) is 5.02 Å². The summed E-state index contributed by atoms with van der Waals surface area (Å²) in [5.74, 6) is -1.51. The number of halogens is 3. The van der Waals surface area contributed by atoms with Crippen molar-refractivity contribution in [3.63, 3.8) is 0 Å². The first-order valence-electron chi connectivity index (χ1n) is 8.42. The maximum absolute atomic E-state index is 12.8. The molecule has 7 heteroatoms. The van der Waals surface area contributed by atoms with Crippen LogP contribution in [0.5, 0.6) is 0 Å². The van der Waals surface area contributed by atoms with Crippen LogP contribution in [0.4, 0.5) is 11.4 Å². The Morgan fingerprint density at radius 1 is 0.778 bits per heavy atom. The number of hydrogen-bond acceptors (Lipinski definition) is 2. The van der Waals surface area contributed by atoms with E-state index < -0.39 is 11.8 Å². The van der Waals surface area contributed by atoms with Crippen LogP contribution in [0.15, 0.2) is 54.6 Å². The Kier molecular flexibility index (Phi) is 6.42. The number of para-hydroxylation sites is 1. The lowest BCUT2D eigenvalue weighted by Crippen LogP contribution is -2.37. The van der Waals surface area contributed by atoms with Crippen molar-refractivity contribution in [1.29, 1.82) is 0 Å². The normalized spacial score (nSPS) is 18.8. The molecule has 2 amide bonds. The number of hydrogen-bond donors (Lipinski definition) is 2. The second-order valence-electron chi connectivity index (χ2n) is 6.24. The summed E-state index contributed by atoms with van der Waals surface area (Å²) in [7, 11) is 0. The number of carbonyl (C=O) groups excluding carboxylic acids is 2. The Hall–Kier alpha value is -2.01. The topological polar surface area (TPSA) is 58.2 Å². The zero-order valence-electron chi connectivity index (χ0n) is 14.2. The molecular weight excluding hydrogens is 407 g/mol. The van der Waals surface area contributed by atoms with Gasteiger partial charge in [0.15, 0.2) is 0 Å². The maximum Gasteiger partial charge on any atom is 0.228 e. The highest BCUT2D eigenvalue weighted by molar-refractivity contribution is 6.36. The minimum absolute atomic E-state index is 0.241. The highest BCUT2D eigenvalue weighted by Crippen LogP contribution is 2.31. The van der Waals surface area contributed by atoms with E-state index in [1.54, 1.807) is 42.5 Å². The van der Waals surface area contributed by atoms with Crippen LogP contribution in [0.3, 0.4) is 0 Å². The summed E-state index contributed by atoms with van der Waals surface area (Å²) in [5.41, 5.74) is 0.990. The first kappa shape index (κ1) is 19.7. The molecular formula is C20H17Cl3N2O2. The van der Waals surface area contributed by atoms with Crippen LogP contribution in [-0.2, 0) is 9.59 Å². The largest absolute Gasteiger partial charge is 0.324 e. The first-order valence-corrected chi connectivity index (χ1v) is 9.55. The number of anilines is 2. The second kappa shape index (κ2) is 8.79. The van der Waals surface area contributed by atoms with E-state index in [2.05, 4.69) is 10.6 Å². The van der Waals surface area contributed by atoms with Crippen molar-refractivity contribution >= 4 is 58.0 Å². The Morgan fingerprint density at radius 2 is 1.33 bits per heavy atom. The molecule has 1 aliphatic carbocycles. The highest BCUT2D eigenvalue weighted by Gasteiger charge is 2.34. The smallest absolute Gasteiger partial charge is 0.228 e. The lowest BCUT2D eigenvalue weighted by atomic mass is 9.81. The molecule has 2 unspecified atom stereocenters. The molecule has 2 atom stereocenters. The molecule has 2 N–H and O–H groups in total. The number of allylic oxidation sites excluding steroid dienone is 2. The summed E-state index contributed by atoms with van der Waals surface area (Å²) in [4.78, 5) is 25.6. The summed E-state index contributed by atoms with van der Waals surface area (Å²) < 4.78 is 0. The molecule has 140 valence electrons. The van der Waals surface area contributed by atoms with Gasteiger partial charge in [-0.05, 0) is 43.2 Å². The molecule has 0 heterocycles. The first-order chi connectivity index (χ1) is 13.0. The fourth-order valence-corrected chi connectivity index (χ4v) is 3.64. The molecule has 0 aliphatic heterocycles. The van der Waals surface area contributed by atoms with Gasteiger partial charge in [-0.3, -0.25) is 9.59 Å². The van der Waals surface area contributed by atoms with E-state index in [-0.39, 0.29) is 11.8 Å². The van der Waals surface area contributed by atoms with Gasteiger partial charge in [-0.25, -0.2) is 0 Å². The lowest BCUT2D eigenvalue weighted by molar-refractivity contribution is -0.129. The van der Waals surface area contributed by atoms with Gasteiger partial charge in [-0.1, -0.05) is 59.1 Å². The zero-order chi connectivity index (χ0) is 19.4. The average Bonchev–Trinajstić information content (AvgIpc) is 2.65. The molecule has 4 nitrogen and oxygen atoms in total. The lowest BCUT2D eigenvalue weighted by Gasteiger charge is -2.27. The molecule has 0 fully saturated rings. The minimum Gasteiger partial charge on any atom is -0.324 e. The van der Waals surface area contributed by atoms with Gasteiger partial charge in [-0.2, -0.15) is 0 Å². The van der Waals surface area contributed by atoms with E-state index in [9.17, 15) is 9.59 Å². The van der Waals surface area contributed by atoms with Gasteiger partial charge < -0.3 is 10.6 Å². The summed E-state index contributed by atoms with van der Waals surface area (Å²) in [6.07, 6.45) is 4.77. The predicted molar refractivity (Wildman–Crippen MR) is 111 cm³/mol. The van der Waals surface area contributed by atoms with Gasteiger partial charge in [0.2, 0.25) is 11.8 Å². The third-order valence-corrected chi connectivity index (χ3v) is 5.30. The van der Waals surface area contributed by atoms with Gasteiger partial charge >= 0.3 is 0 Å². The molecule has 1 aliphatic rings. The monoisotopic (exact) mass is 422 g/mol. The molecule has 0 radical (unpaired) electrons. The summed E-state index contributed by atoms with van der Waals surface area (Å²) in [5, 5.41) is 6.90. The van der Waals surface area contributed by atoms with Crippen LogP contribution < -0.4 is 10.6 Å². The number of benzene rings is 2. The third-order valence-electron chi connectivity index (χ3n) is 4.43. The molecule has 2 aromatic rings. The van der Waals surface area contributed by atoms with Crippen LogP contribution in [0, 0.1) is 11.8 Å². The van der Waals surface area contributed by atoms with Crippen molar-refractivity contribution in [2.24, 2.45) is 11.8 Å². The van der Waals surface area contributed by atoms with Crippen LogP contribution >= 0.6 is 34.8 Å². The SMILES string of the molecule is O=C(Nc1ccccc1Cl)C1CC=CCC1C(=O)Nc1ccc(Cl)cc1Cl. The molecule has 0 spiro atoms. The number of nitrogens with one attached hydrogen (secondary N) is 2. The van der Waals surface area contributed by atoms with E-state index in [4.69, 9.17) is 34.8 Å². The molecule has 0 bridgehead atoms. The van der Waals surface area contributed by atoms with Crippen LogP contribution in [0.2, 0.25) is 15.1 Å². The number of carbonyl (C=O) groups is 2. The predicted octanol–water partition coefficient (Wildman–Crippen LogP) is 5.81. The van der Waals surface area contributed by atoms with Crippen molar-refractivity contribution in [3.05, 3.63) is 69.7 Å². The Balaban J connectivity index is 1.74. The zero-order valence-corrected chi connectivity index (χ0v) is 16.5. The Labute approximate surface area is 172 Å². The third kappa shape index (κ3) is 4.83. The Bertz CT molecular complexity index is 899. The fraction of sp³-hybridized carbons (Fsp3) is 0.200. The molecule has 0 aromatic heterocycles. The fourth-order valence-electron chi connectivity index (χ4n) is 3.00. The van der Waals surface area contributed by atoms with E-state index >= 15 is 0 Å². The molecule has 0 saturated heterocycles. The van der Waals surface area contributed by atoms with E-state index in [0.717, 1.165) is 0 Å². The second-order valence-corrected chi connectivity index (χ2v) is 7.49. The quantitative estimate of drug-likeness (QED) is 0.610. The van der Waals surface area contributed by atoms with Crippen molar-refractivity contribution in [2.75, 3.05) is 10.6 Å². The van der Waals surface area contributed by atoms with Crippen LogP contribution in [0.25, 0.3) is 0 Å². The highest BCUT2D eigenvalue weighted by atomic mass is 35.5. The molecule has 3 rings (SSSR count). The van der Waals surface area contributed by atoms with E-state index in [1.165, 1.54) is 0 Å². The minimum atomic E-state index is -0.510. The number of amides is 2. The van der Waals surface area contributed by atoms with Crippen molar-refractivity contribution in [3.8, 4) is 0 Å². The van der Waals surface area contributed by atoms with Gasteiger partial charge in [0.25, 0.3) is 0 Å². The van der Waals surface area contributed by atoms with Crippen LogP contribution in [0.1, 0.15) is 12.8 Å². The standard InChI is InChI=1S/C20H17Cl3N2O2/c21-12-9-10-18(16(23)11-12)25-20(27)14-6-2-1-5-13(14)19(26)24-17-8-4-3-7-15(17)22/h1-4,7-11,13-14H,5-6H2,(H,24,26)(H,25,27). The van der Waals surface area contributed by atoms with Crippen molar-refractivity contribution < 1.29 is 9.59 Å². The Morgan fingerprint density at radius 3 is 1.89 bits per heavy atom. The van der Waals surface area contributed by atoms with E-state index in [0.29, 0.717) is 39.3 Å². The van der Waals surface area contributed by atoms with Crippen molar-refractivity contribution in [1.82, 2.24) is 0 Å². The molecule has 0 saturated carbocycles. The summed E-state index contributed by atoms with van der Waals surface area (Å²) in [6.45, 7) is 0. The van der Waals surface area contributed by atoms with Gasteiger partial charge in [0.1, 0.15) is 0 Å². The summed E-state index contributed by atoms with van der Waals surface area (Å²) in [6, 6.07) is 11.8. The molecule has 27 heavy (non-hydrogen) atoms. The molecule has 2 aromatic carbocycles. The maximum atomic E-state index is 12.8. The summed E-state index contributed by atoms with van der Waals surface area (Å²) >= 11 is 18.1. The average molecular weight is 424 g/mol. The van der Waals surface area contributed by atoms with Gasteiger partial charge in [0.05, 0.1) is 33.3 Å². The van der Waals surface area contributed by atoms with Gasteiger partial charge in [-0.15, -0.1) is 0 Å². The van der Waals surface area contributed by atoms with Crippen molar-refractivity contribution in [2.45, 2.75) is 12.8 Å².